The molecule has 1 aliphatic carbocycles. The van der Waals surface area contributed by atoms with Crippen molar-refractivity contribution >= 4 is 11.3 Å². The first-order valence-electron chi connectivity index (χ1n) is 7.73. The Morgan fingerprint density at radius 2 is 1.89 bits per heavy atom. The molecule has 1 aromatic rings. The van der Waals surface area contributed by atoms with Crippen molar-refractivity contribution in [1.29, 1.82) is 0 Å². The SMILES string of the molecule is Cc1ccc(C(CN)N2CCC3(CCCC3)CC2)s1. The van der Waals surface area contributed by atoms with E-state index in [0.29, 0.717) is 11.5 Å². The number of thiophene rings is 1. The zero-order valence-electron chi connectivity index (χ0n) is 12.0. The van der Waals surface area contributed by atoms with Crippen LogP contribution in [0, 0.1) is 12.3 Å². The van der Waals surface area contributed by atoms with Crippen LogP contribution in [0.2, 0.25) is 0 Å². The first-order chi connectivity index (χ1) is 9.22. The summed E-state index contributed by atoms with van der Waals surface area (Å²) in [4.78, 5) is 5.49. The minimum absolute atomic E-state index is 0.456. The second-order valence-electron chi connectivity index (χ2n) is 6.44. The summed E-state index contributed by atoms with van der Waals surface area (Å²) in [5, 5.41) is 0. The van der Waals surface area contributed by atoms with Crippen molar-refractivity contribution in [2.75, 3.05) is 19.6 Å². The maximum Gasteiger partial charge on any atom is 0.0564 e. The Morgan fingerprint density at radius 1 is 1.21 bits per heavy atom. The molecule has 1 saturated carbocycles. The molecule has 0 bridgehead atoms. The van der Waals surface area contributed by atoms with E-state index < -0.39 is 0 Å². The van der Waals surface area contributed by atoms with Crippen LogP contribution in [0.5, 0.6) is 0 Å². The maximum absolute atomic E-state index is 6.05. The lowest BCUT2D eigenvalue weighted by Crippen LogP contribution is -2.42. The molecular weight excluding hydrogens is 252 g/mol. The van der Waals surface area contributed by atoms with Gasteiger partial charge in [-0.3, -0.25) is 4.90 Å². The number of hydrogen-bond donors (Lipinski definition) is 1. The Morgan fingerprint density at radius 3 is 2.42 bits per heavy atom. The van der Waals surface area contributed by atoms with Crippen LogP contribution in [0.4, 0.5) is 0 Å². The van der Waals surface area contributed by atoms with Crippen molar-refractivity contribution in [1.82, 2.24) is 4.90 Å². The van der Waals surface area contributed by atoms with Crippen molar-refractivity contribution in [2.24, 2.45) is 11.1 Å². The molecule has 19 heavy (non-hydrogen) atoms. The van der Waals surface area contributed by atoms with E-state index in [1.54, 1.807) is 0 Å². The zero-order chi connectivity index (χ0) is 13.3. The van der Waals surface area contributed by atoms with E-state index in [9.17, 15) is 0 Å². The second kappa shape index (κ2) is 5.55. The first kappa shape index (κ1) is 13.6. The van der Waals surface area contributed by atoms with Crippen LogP contribution in [0.3, 0.4) is 0 Å². The average Bonchev–Trinajstić information content (AvgIpc) is 3.03. The van der Waals surface area contributed by atoms with Gasteiger partial charge in [0.25, 0.3) is 0 Å². The number of nitrogens with two attached hydrogens (primary N) is 1. The number of nitrogens with zero attached hydrogens (tertiary/aromatic N) is 1. The predicted octanol–water partition coefficient (Wildman–Crippen LogP) is 3.71. The van der Waals surface area contributed by atoms with Crippen molar-refractivity contribution < 1.29 is 0 Å². The maximum atomic E-state index is 6.05. The van der Waals surface area contributed by atoms with Gasteiger partial charge >= 0.3 is 0 Å². The summed E-state index contributed by atoms with van der Waals surface area (Å²) in [5.41, 5.74) is 6.76. The summed E-state index contributed by atoms with van der Waals surface area (Å²) in [7, 11) is 0. The fraction of sp³-hybridized carbons (Fsp3) is 0.750. The molecule has 1 saturated heterocycles. The van der Waals surface area contributed by atoms with E-state index >= 15 is 0 Å². The molecular formula is C16H26N2S. The van der Waals surface area contributed by atoms with E-state index in [1.807, 2.05) is 11.3 Å². The van der Waals surface area contributed by atoms with Gasteiger partial charge in [0, 0.05) is 16.3 Å². The molecule has 2 fully saturated rings. The van der Waals surface area contributed by atoms with Gasteiger partial charge in [0.05, 0.1) is 6.04 Å². The lowest BCUT2D eigenvalue weighted by molar-refractivity contribution is 0.0791. The largest absolute Gasteiger partial charge is 0.329 e. The van der Waals surface area contributed by atoms with E-state index in [1.165, 1.54) is 61.4 Å². The number of piperidine rings is 1. The van der Waals surface area contributed by atoms with Crippen molar-refractivity contribution in [3.05, 3.63) is 21.9 Å². The van der Waals surface area contributed by atoms with Gasteiger partial charge < -0.3 is 5.73 Å². The van der Waals surface area contributed by atoms with Gasteiger partial charge in [0.2, 0.25) is 0 Å². The molecule has 2 heterocycles. The summed E-state index contributed by atoms with van der Waals surface area (Å²) in [6.45, 7) is 5.44. The minimum atomic E-state index is 0.456. The Balaban J connectivity index is 1.66. The Labute approximate surface area is 121 Å². The lowest BCUT2D eigenvalue weighted by Gasteiger charge is -2.42. The van der Waals surface area contributed by atoms with Crippen LogP contribution < -0.4 is 5.73 Å². The van der Waals surface area contributed by atoms with Crippen LogP contribution >= 0.6 is 11.3 Å². The minimum Gasteiger partial charge on any atom is -0.329 e. The van der Waals surface area contributed by atoms with Crippen LogP contribution in [0.15, 0.2) is 12.1 Å². The third-order valence-electron chi connectivity index (χ3n) is 5.28. The van der Waals surface area contributed by atoms with Crippen LogP contribution in [-0.4, -0.2) is 24.5 Å². The van der Waals surface area contributed by atoms with Gasteiger partial charge in [-0.1, -0.05) is 12.8 Å². The number of likely N-dealkylation sites (tertiary alicyclic amines) is 1. The van der Waals surface area contributed by atoms with E-state index in [2.05, 4.69) is 24.0 Å². The summed E-state index contributed by atoms with van der Waals surface area (Å²) < 4.78 is 0. The van der Waals surface area contributed by atoms with Crippen molar-refractivity contribution in [3.63, 3.8) is 0 Å². The van der Waals surface area contributed by atoms with Gasteiger partial charge in [0.1, 0.15) is 0 Å². The number of aryl methyl sites for hydroxylation is 1. The molecule has 3 heteroatoms. The number of rotatable bonds is 3. The van der Waals surface area contributed by atoms with Crippen molar-refractivity contribution in [3.8, 4) is 0 Å². The van der Waals surface area contributed by atoms with Crippen molar-refractivity contribution in [2.45, 2.75) is 51.5 Å². The third kappa shape index (κ3) is 2.74. The van der Waals surface area contributed by atoms with Crippen LogP contribution in [-0.2, 0) is 0 Å². The second-order valence-corrected chi connectivity index (χ2v) is 7.76. The molecule has 3 rings (SSSR count). The highest BCUT2D eigenvalue weighted by molar-refractivity contribution is 7.12. The van der Waals surface area contributed by atoms with Gasteiger partial charge in [-0.15, -0.1) is 11.3 Å². The molecule has 1 unspecified atom stereocenters. The summed E-state index contributed by atoms with van der Waals surface area (Å²) in [6, 6.07) is 4.96. The molecule has 2 N–H and O–H groups in total. The molecule has 1 spiro atoms. The van der Waals surface area contributed by atoms with E-state index in [-0.39, 0.29) is 0 Å². The molecule has 2 aliphatic rings. The molecule has 0 amide bonds. The quantitative estimate of drug-likeness (QED) is 0.913. The topological polar surface area (TPSA) is 29.3 Å². The van der Waals surface area contributed by atoms with E-state index in [0.717, 1.165) is 6.54 Å². The fourth-order valence-electron chi connectivity index (χ4n) is 4.01. The third-order valence-corrected chi connectivity index (χ3v) is 6.38. The van der Waals surface area contributed by atoms with Crippen LogP contribution in [0.25, 0.3) is 0 Å². The highest BCUT2D eigenvalue weighted by atomic mass is 32.1. The molecule has 0 aromatic carbocycles. The average molecular weight is 278 g/mol. The molecule has 2 nitrogen and oxygen atoms in total. The standard InChI is InChI=1S/C16H26N2S/c1-13-4-5-15(19-13)14(12-17)18-10-8-16(9-11-18)6-2-3-7-16/h4-5,14H,2-3,6-12,17H2,1H3. The Kier molecular flexibility index (Phi) is 3.97. The van der Waals surface area contributed by atoms with Gasteiger partial charge in [0.15, 0.2) is 0 Å². The number of hydrogen-bond acceptors (Lipinski definition) is 3. The summed E-state index contributed by atoms with van der Waals surface area (Å²) >= 11 is 1.92. The smallest absolute Gasteiger partial charge is 0.0564 e. The molecule has 1 aliphatic heterocycles. The van der Waals surface area contributed by atoms with Gasteiger partial charge in [-0.05, 0) is 63.2 Å². The molecule has 106 valence electrons. The monoisotopic (exact) mass is 278 g/mol. The zero-order valence-corrected chi connectivity index (χ0v) is 12.8. The molecule has 0 radical (unpaired) electrons. The molecule has 1 aromatic heterocycles. The Hall–Kier alpha value is -0.380. The lowest BCUT2D eigenvalue weighted by atomic mass is 9.77. The Bertz CT molecular complexity index is 410. The first-order valence-corrected chi connectivity index (χ1v) is 8.55. The highest BCUT2D eigenvalue weighted by Crippen LogP contribution is 2.47. The normalized spacial score (nSPS) is 24.9. The fourth-order valence-corrected chi connectivity index (χ4v) is 5.04. The van der Waals surface area contributed by atoms with Gasteiger partial charge in [-0.2, -0.15) is 0 Å². The predicted molar refractivity (Wildman–Crippen MR) is 82.6 cm³/mol. The van der Waals surface area contributed by atoms with Crippen LogP contribution in [0.1, 0.15) is 54.3 Å². The van der Waals surface area contributed by atoms with Gasteiger partial charge in [-0.25, -0.2) is 0 Å². The summed E-state index contributed by atoms with van der Waals surface area (Å²) in [5.74, 6) is 0. The molecule has 1 atom stereocenters. The highest BCUT2D eigenvalue weighted by Gasteiger charge is 2.38. The van der Waals surface area contributed by atoms with E-state index in [4.69, 9.17) is 5.73 Å². The summed E-state index contributed by atoms with van der Waals surface area (Å²) in [6.07, 6.45) is 8.68.